The predicted octanol–water partition coefficient (Wildman–Crippen LogP) is 4.57. The number of hydrogen-bond donors (Lipinski definition) is 2. The fraction of sp³-hybridized carbons (Fsp3) is 0.412. The van der Waals surface area contributed by atoms with E-state index in [1.165, 1.54) is 30.3 Å². The molecule has 1 unspecified atom stereocenters. The van der Waals surface area contributed by atoms with Gasteiger partial charge in [0.05, 0.1) is 6.61 Å². The molecule has 0 aliphatic heterocycles. The van der Waals surface area contributed by atoms with Crippen molar-refractivity contribution in [2.45, 2.75) is 36.5 Å². The first-order valence-corrected chi connectivity index (χ1v) is 8.42. The number of para-hydroxylation sites is 1. The van der Waals surface area contributed by atoms with Crippen molar-refractivity contribution in [1.82, 2.24) is 0 Å². The van der Waals surface area contributed by atoms with Crippen LogP contribution in [-0.2, 0) is 19.1 Å². The Morgan fingerprint density at radius 2 is 1.60 bits per heavy atom. The molecule has 0 saturated heterocycles. The Morgan fingerprint density at radius 3 is 2.03 bits per heavy atom. The summed E-state index contributed by atoms with van der Waals surface area (Å²) in [7, 11) is 0. The fourth-order valence-corrected chi connectivity index (χ4v) is 1.95. The number of amides is 1. The lowest BCUT2D eigenvalue weighted by Gasteiger charge is -2.33. The summed E-state index contributed by atoms with van der Waals surface area (Å²) in [4.78, 5) is 24.1. The van der Waals surface area contributed by atoms with Gasteiger partial charge in [0.2, 0.25) is 0 Å². The van der Waals surface area contributed by atoms with Crippen LogP contribution in [0.1, 0.15) is 13.3 Å². The van der Waals surface area contributed by atoms with Gasteiger partial charge in [0.15, 0.2) is 0 Å². The van der Waals surface area contributed by atoms with E-state index >= 15 is 0 Å². The third-order valence-electron chi connectivity index (χ3n) is 3.45. The van der Waals surface area contributed by atoms with Crippen LogP contribution in [-0.4, -0.2) is 41.6 Å². The van der Waals surface area contributed by atoms with E-state index in [0.717, 1.165) is 6.92 Å². The number of alkyl halides is 7. The van der Waals surface area contributed by atoms with Crippen LogP contribution in [0.5, 0.6) is 0 Å². The van der Waals surface area contributed by atoms with Crippen molar-refractivity contribution in [3.8, 4) is 0 Å². The molecule has 30 heavy (non-hydrogen) atoms. The second-order valence-electron chi connectivity index (χ2n) is 5.95. The second kappa shape index (κ2) is 9.25. The predicted molar refractivity (Wildman–Crippen MR) is 94.2 cm³/mol. The largest absolute Gasteiger partial charge is 0.466 e. The monoisotopic (exact) mass is 463 g/mol. The molecular weight excluding hydrogens is 447 g/mol. The maximum atomic E-state index is 13.8. The Morgan fingerprint density at radius 1 is 1.07 bits per heavy atom. The van der Waals surface area contributed by atoms with Crippen LogP contribution in [0.4, 0.5) is 36.4 Å². The minimum absolute atomic E-state index is 0.182. The smallest absolute Gasteiger partial charge is 0.412 e. The highest BCUT2D eigenvalue weighted by molar-refractivity contribution is 7.81. The molecule has 1 atom stereocenters. The topological polar surface area (TPSA) is 64.6 Å². The van der Waals surface area contributed by atoms with E-state index < -0.39 is 53.6 Å². The first-order chi connectivity index (χ1) is 13.5. The number of thiol groups is 1. The van der Waals surface area contributed by atoms with Gasteiger partial charge in [0.25, 0.3) is 0 Å². The average Bonchev–Trinajstić information content (AvgIpc) is 2.59. The first-order valence-electron chi connectivity index (χ1n) is 7.97. The molecule has 0 aliphatic rings. The molecule has 1 amide bonds. The lowest BCUT2D eigenvalue weighted by atomic mass is 10.2. The molecule has 0 bridgehead atoms. The summed E-state index contributed by atoms with van der Waals surface area (Å²) in [6, 6.07) is 6.52. The number of esters is 1. The quantitative estimate of drug-likeness (QED) is 0.185. The molecule has 1 aromatic rings. The molecule has 5 nitrogen and oxygen atoms in total. The van der Waals surface area contributed by atoms with E-state index in [-0.39, 0.29) is 5.69 Å². The molecule has 168 valence electrons. The van der Waals surface area contributed by atoms with E-state index in [4.69, 9.17) is 0 Å². The normalized spacial score (nSPS) is 14.6. The molecule has 1 aromatic carbocycles. The van der Waals surface area contributed by atoms with Gasteiger partial charge in [-0.2, -0.15) is 30.7 Å². The van der Waals surface area contributed by atoms with Crippen molar-refractivity contribution in [2.24, 2.45) is 0 Å². The van der Waals surface area contributed by atoms with Gasteiger partial charge in [-0.15, -0.1) is 0 Å². The molecule has 0 aliphatic carbocycles. The maximum Gasteiger partial charge on any atom is 0.466 e. The lowest BCUT2D eigenvalue weighted by molar-refractivity contribution is -0.347. The minimum Gasteiger partial charge on any atom is -0.412 e. The minimum atomic E-state index is -5.78. The highest BCUT2D eigenvalue weighted by atomic mass is 32.1. The Hall–Kier alpha value is -2.28. The van der Waals surface area contributed by atoms with Crippen molar-refractivity contribution >= 4 is 30.2 Å². The van der Waals surface area contributed by atoms with Gasteiger partial charge in [-0.25, -0.2) is 4.79 Å². The Kier molecular flexibility index (Phi) is 7.94. The summed E-state index contributed by atoms with van der Waals surface area (Å²) in [5.74, 6) is -13.1. The number of ether oxygens (including phenoxy) is 2. The van der Waals surface area contributed by atoms with Crippen molar-refractivity contribution < 1.29 is 49.8 Å². The molecule has 0 aromatic heterocycles. The van der Waals surface area contributed by atoms with Gasteiger partial charge in [-0.1, -0.05) is 37.4 Å². The number of benzene rings is 1. The van der Waals surface area contributed by atoms with Gasteiger partial charge in [-0.3, -0.25) is 4.79 Å². The molecule has 0 spiro atoms. The lowest BCUT2D eigenvalue weighted by Crippen LogP contribution is -2.60. The zero-order valence-electron chi connectivity index (χ0n) is 15.2. The fourth-order valence-electron chi connectivity index (χ4n) is 1.84. The summed E-state index contributed by atoms with van der Waals surface area (Å²) in [5.41, 5.74) is -0.759. The zero-order valence-corrected chi connectivity index (χ0v) is 16.1. The average molecular weight is 463 g/mol. The van der Waals surface area contributed by atoms with Crippen molar-refractivity contribution in [2.75, 3.05) is 11.9 Å². The van der Waals surface area contributed by atoms with Crippen LogP contribution >= 0.6 is 12.6 Å². The molecule has 0 radical (unpaired) electrons. The number of nitrogens with one attached hydrogen (secondary N) is 1. The Labute approximate surface area is 171 Å². The van der Waals surface area contributed by atoms with Crippen molar-refractivity contribution in [1.29, 1.82) is 0 Å². The molecule has 13 heteroatoms. The van der Waals surface area contributed by atoms with E-state index in [1.54, 1.807) is 5.32 Å². The van der Waals surface area contributed by atoms with Crippen LogP contribution in [0.15, 0.2) is 42.5 Å². The van der Waals surface area contributed by atoms with Crippen LogP contribution in [0, 0.1) is 0 Å². The molecule has 0 heterocycles. The van der Waals surface area contributed by atoms with E-state index in [9.17, 15) is 40.3 Å². The summed E-state index contributed by atoms with van der Waals surface area (Å²) in [6.07, 6.45) is -7.75. The van der Waals surface area contributed by atoms with Gasteiger partial charge in [0, 0.05) is 17.7 Å². The van der Waals surface area contributed by atoms with Crippen molar-refractivity contribution in [3.63, 3.8) is 0 Å². The number of carbonyl (C=O) groups is 2. The third kappa shape index (κ3) is 6.11. The van der Waals surface area contributed by atoms with E-state index in [0.29, 0.717) is 0 Å². The highest BCUT2D eigenvalue weighted by Gasteiger charge is 2.67. The van der Waals surface area contributed by atoms with Crippen LogP contribution in [0.25, 0.3) is 0 Å². The number of hydrogen-bond acceptors (Lipinski definition) is 5. The maximum absolute atomic E-state index is 13.8. The zero-order chi connectivity index (χ0) is 23.4. The van der Waals surface area contributed by atoms with Gasteiger partial charge < -0.3 is 14.8 Å². The number of halogens is 7. The number of rotatable bonds is 9. The van der Waals surface area contributed by atoms with Crippen LogP contribution < -0.4 is 5.32 Å². The van der Waals surface area contributed by atoms with E-state index in [1.807, 2.05) is 0 Å². The number of anilines is 1. The SMILES string of the molecule is C=C(C)C(=O)OC(OCCC(F)(F)C(F)(F)S)(C(=O)Nc1ccccc1)C(F)(F)F. The third-order valence-corrected chi connectivity index (χ3v) is 3.78. The molecule has 0 fully saturated rings. The Balaban J connectivity index is 3.28. The summed E-state index contributed by atoms with van der Waals surface area (Å²) >= 11 is 2.39. The second-order valence-corrected chi connectivity index (χ2v) is 6.51. The molecule has 1 rings (SSSR count). The van der Waals surface area contributed by atoms with Crippen LogP contribution in [0.3, 0.4) is 0 Å². The summed E-state index contributed by atoms with van der Waals surface area (Å²) < 4.78 is 102. The molecule has 0 saturated carbocycles. The number of carbonyl (C=O) groups excluding carboxylic acids is 2. The van der Waals surface area contributed by atoms with Gasteiger partial charge >= 0.3 is 35.0 Å². The Bertz CT molecular complexity index is 781. The van der Waals surface area contributed by atoms with Gasteiger partial charge in [-0.05, 0) is 19.1 Å². The molecule has 1 N–H and O–H groups in total. The summed E-state index contributed by atoms with van der Waals surface area (Å²) in [5, 5.41) is -3.11. The van der Waals surface area contributed by atoms with E-state index in [2.05, 4.69) is 28.7 Å². The summed E-state index contributed by atoms with van der Waals surface area (Å²) in [6.45, 7) is 2.27. The standard InChI is InChI=1S/C17H16F7NO4S/c1-10(2)12(26)29-15(16(20,21)22,13(27)25-11-6-4-3-5-7-11)28-9-8-14(18,19)17(23,24)30/h3-7,30H,1,8-9H2,2H3,(H,25,27). The van der Waals surface area contributed by atoms with Crippen LogP contribution in [0.2, 0.25) is 0 Å². The molecular formula is C17H16F7NO4S. The first kappa shape index (κ1) is 25.8. The van der Waals surface area contributed by atoms with Gasteiger partial charge in [0.1, 0.15) is 0 Å². The highest BCUT2D eigenvalue weighted by Crippen LogP contribution is 2.41. The van der Waals surface area contributed by atoms with Crippen molar-refractivity contribution in [3.05, 3.63) is 42.5 Å².